The predicted octanol–water partition coefficient (Wildman–Crippen LogP) is 3.59. The number of hydrogen-bond donors (Lipinski definition) is 2. The molecule has 0 saturated carbocycles. The number of anilines is 1. The number of pyridine rings is 1. The highest BCUT2D eigenvalue weighted by Crippen LogP contribution is 2.15. The third-order valence-electron chi connectivity index (χ3n) is 3.42. The van der Waals surface area contributed by atoms with Crippen molar-refractivity contribution in [2.24, 2.45) is 0 Å². The Morgan fingerprint density at radius 2 is 1.91 bits per heavy atom. The van der Waals surface area contributed by atoms with E-state index >= 15 is 0 Å². The van der Waals surface area contributed by atoms with Gasteiger partial charge in [-0.15, -0.1) is 0 Å². The monoisotopic (exact) mass is 308 g/mol. The van der Waals surface area contributed by atoms with E-state index < -0.39 is 6.09 Å². The Morgan fingerprint density at radius 3 is 2.70 bits per heavy atom. The lowest BCUT2D eigenvalue weighted by atomic mass is 10.2. The summed E-state index contributed by atoms with van der Waals surface area (Å²) in [4.78, 5) is 26.9. The van der Waals surface area contributed by atoms with Gasteiger partial charge in [-0.25, -0.2) is 4.79 Å². The topological polar surface area (TPSA) is 71.2 Å². The van der Waals surface area contributed by atoms with Crippen LogP contribution in [-0.2, 0) is 11.3 Å². The molecular weight excluding hydrogens is 292 g/mol. The molecule has 0 bridgehead atoms. The molecule has 2 N–H and O–H groups in total. The molecule has 116 valence electrons. The van der Waals surface area contributed by atoms with E-state index in [0.29, 0.717) is 11.1 Å². The fourth-order valence-corrected chi connectivity index (χ4v) is 2.33. The number of carbonyl (C=O) groups is 1. The lowest BCUT2D eigenvalue weighted by Crippen LogP contribution is -2.14. The largest absolute Gasteiger partial charge is 0.444 e. The van der Waals surface area contributed by atoms with Gasteiger partial charge in [0.2, 0.25) is 0 Å². The number of rotatable bonds is 3. The van der Waals surface area contributed by atoms with Crippen molar-refractivity contribution < 1.29 is 9.53 Å². The number of ether oxygens (including phenoxy) is 1. The predicted molar refractivity (Wildman–Crippen MR) is 89.6 cm³/mol. The Labute approximate surface area is 132 Å². The lowest BCUT2D eigenvalue weighted by Gasteiger charge is -2.08. The van der Waals surface area contributed by atoms with Crippen LogP contribution in [0, 0.1) is 6.92 Å². The van der Waals surface area contributed by atoms with Crippen molar-refractivity contribution in [2.75, 3.05) is 5.32 Å². The minimum atomic E-state index is -0.559. The molecular formula is C18H16N2O3. The molecule has 5 nitrogen and oxygen atoms in total. The van der Waals surface area contributed by atoms with Crippen molar-refractivity contribution in [3.05, 3.63) is 76.1 Å². The number of H-pyrrole nitrogens is 1. The lowest BCUT2D eigenvalue weighted by molar-refractivity contribution is 0.155. The summed E-state index contributed by atoms with van der Waals surface area (Å²) in [5.41, 5.74) is 2.87. The van der Waals surface area contributed by atoms with E-state index in [9.17, 15) is 9.59 Å². The van der Waals surface area contributed by atoms with Crippen LogP contribution < -0.4 is 10.7 Å². The second-order valence-electron chi connectivity index (χ2n) is 5.26. The molecule has 0 spiro atoms. The van der Waals surface area contributed by atoms with Crippen LogP contribution in [0.15, 0.2) is 59.4 Å². The minimum Gasteiger partial charge on any atom is -0.444 e. The summed E-state index contributed by atoms with van der Waals surface area (Å²) in [5.74, 6) is 0. The SMILES string of the molecule is Cc1cc(=O)c2cc(NC(=O)OCc3ccccc3)ccc2[nH]1. The minimum absolute atomic E-state index is 0.0856. The van der Waals surface area contributed by atoms with Gasteiger partial charge in [0.1, 0.15) is 6.61 Å². The maximum atomic E-state index is 12.0. The van der Waals surface area contributed by atoms with Gasteiger partial charge in [-0.3, -0.25) is 10.1 Å². The standard InChI is InChI=1S/C18H16N2O3/c1-12-9-17(21)15-10-14(7-8-16(15)19-12)20-18(22)23-11-13-5-3-2-4-6-13/h2-10H,11H2,1H3,(H,19,21)(H,20,22). The second-order valence-corrected chi connectivity index (χ2v) is 5.26. The molecule has 1 amide bonds. The zero-order valence-electron chi connectivity index (χ0n) is 12.6. The number of aromatic nitrogens is 1. The van der Waals surface area contributed by atoms with E-state index in [-0.39, 0.29) is 12.0 Å². The van der Waals surface area contributed by atoms with E-state index in [0.717, 1.165) is 16.8 Å². The molecule has 0 fully saturated rings. The van der Waals surface area contributed by atoms with Crippen LogP contribution in [0.1, 0.15) is 11.3 Å². The van der Waals surface area contributed by atoms with Crippen LogP contribution in [0.25, 0.3) is 10.9 Å². The smallest absolute Gasteiger partial charge is 0.411 e. The number of amides is 1. The molecule has 23 heavy (non-hydrogen) atoms. The first-order valence-corrected chi connectivity index (χ1v) is 7.23. The summed E-state index contributed by atoms with van der Waals surface area (Å²) in [7, 11) is 0. The van der Waals surface area contributed by atoms with Gasteiger partial charge in [0.15, 0.2) is 5.43 Å². The fourth-order valence-electron chi connectivity index (χ4n) is 2.33. The first-order valence-electron chi connectivity index (χ1n) is 7.23. The first kappa shape index (κ1) is 14.8. The summed E-state index contributed by atoms with van der Waals surface area (Å²) in [6, 6.07) is 16.1. The Bertz CT molecular complexity index is 901. The van der Waals surface area contributed by atoms with Gasteiger partial charge in [0.05, 0.1) is 0 Å². The van der Waals surface area contributed by atoms with Crippen molar-refractivity contribution in [3.8, 4) is 0 Å². The Morgan fingerprint density at radius 1 is 1.13 bits per heavy atom. The van der Waals surface area contributed by atoms with Crippen molar-refractivity contribution >= 4 is 22.7 Å². The molecule has 0 aliphatic carbocycles. The molecule has 2 aromatic carbocycles. The Hall–Kier alpha value is -3.08. The highest BCUT2D eigenvalue weighted by molar-refractivity contribution is 5.89. The van der Waals surface area contributed by atoms with E-state index in [1.165, 1.54) is 6.07 Å². The molecule has 0 unspecified atom stereocenters. The molecule has 1 aromatic heterocycles. The molecule has 0 radical (unpaired) electrons. The van der Waals surface area contributed by atoms with Gasteiger partial charge in [0, 0.05) is 28.4 Å². The van der Waals surface area contributed by atoms with Crippen molar-refractivity contribution in [1.82, 2.24) is 4.98 Å². The number of benzene rings is 2. The second kappa shape index (κ2) is 6.36. The molecule has 0 saturated heterocycles. The number of carbonyl (C=O) groups excluding carboxylic acids is 1. The summed E-state index contributed by atoms with van der Waals surface area (Å²) in [5, 5.41) is 3.16. The average Bonchev–Trinajstić information content (AvgIpc) is 2.54. The van der Waals surface area contributed by atoms with Crippen molar-refractivity contribution in [1.29, 1.82) is 0 Å². The Kier molecular flexibility index (Phi) is 4.10. The number of hydrogen-bond acceptors (Lipinski definition) is 3. The zero-order valence-corrected chi connectivity index (χ0v) is 12.6. The quantitative estimate of drug-likeness (QED) is 0.777. The van der Waals surface area contributed by atoms with Gasteiger partial charge in [0.25, 0.3) is 0 Å². The fraction of sp³-hybridized carbons (Fsp3) is 0.111. The third kappa shape index (κ3) is 3.58. The number of fused-ring (bicyclic) bond motifs is 1. The average molecular weight is 308 g/mol. The van der Waals surface area contributed by atoms with Crippen LogP contribution in [0.5, 0.6) is 0 Å². The number of nitrogens with one attached hydrogen (secondary N) is 2. The molecule has 0 aliphatic rings. The molecule has 0 aliphatic heterocycles. The van der Waals surface area contributed by atoms with Gasteiger partial charge >= 0.3 is 6.09 Å². The zero-order chi connectivity index (χ0) is 16.2. The maximum absolute atomic E-state index is 12.0. The molecule has 3 aromatic rings. The van der Waals surface area contributed by atoms with Crippen LogP contribution in [-0.4, -0.2) is 11.1 Å². The van der Waals surface area contributed by atoms with Crippen LogP contribution in [0.3, 0.4) is 0 Å². The molecule has 1 heterocycles. The van der Waals surface area contributed by atoms with Gasteiger partial charge in [-0.1, -0.05) is 30.3 Å². The Balaban J connectivity index is 1.71. The van der Waals surface area contributed by atoms with Crippen molar-refractivity contribution in [3.63, 3.8) is 0 Å². The molecule has 5 heteroatoms. The number of aryl methyl sites for hydroxylation is 1. The van der Waals surface area contributed by atoms with Gasteiger partial charge < -0.3 is 9.72 Å². The highest BCUT2D eigenvalue weighted by atomic mass is 16.5. The van der Waals surface area contributed by atoms with E-state index in [4.69, 9.17) is 4.74 Å². The normalized spacial score (nSPS) is 10.5. The molecule has 0 atom stereocenters. The number of aromatic amines is 1. The van der Waals surface area contributed by atoms with Gasteiger partial charge in [-0.2, -0.15) is 0 Å². The summed E-state index contributed by atoms with van der Waals surface area (Å²) in [6.07, 6.45) is -0.559. The van der Waals surface area contributed by atoms with Crippen LogP contribution >= 0.6 is 0 Å². The molecule has 3 rings (SSSR count). The van der Waals surface area contributed by atoms with Gasteiger partial charge in [-0.05, 0) is 30.7 Å². The van der Waals surface area contributed by atoms with Crippen molar-refractivity contribution in [2.45, 2.75) is 13.5 Å². The third-order valence-corrected chi connectivity index (χ3v) is 3.42. The van der Waals surface area contributed by atoms with E-state index in [2.05, 4.69) is 10.3 Å². The summed E-state index contributed by atoms with van der Waals surface area (Å²) >= 11 is 0. The summed E-state index contributed by atoms with van der Waals surface area (Å²) < 4.78 is 5.16. The van der Waals surface area contributed by atoms with Crippen LogP contribution in [0.2, 0.25) is 0 Å². The first-order chi connectivity index (χ1) is 11.1. The summed E-state index contributed by atoms with van der Waals surface area (Å²) in [6.45, 7) is 2.02. The van der Waals surface area contributed by atoms with E-state index in [1.54, 1.807) is 18.2 Å². The highest BCUT2D eigenvalue weighted by Gasteiger charge is 2.06. The van der Waals surface area contributed by atoms with E-state index in [1.807, 2.05) is 37.3 Å². The maximum Gasteiger partial charge on any atom is 0.411 e. The van der Waals surface area contributed by atoms with Crippen LogP contribution in [0.4, 0.5) is 10.5 Å².